The fraction of sp³-hybridized carbons (Fsp3) is 0.800. The van der Waals surface area contributed by atoms with E-state index in [1.807, 2.05) is 0 Å². The van der Waals surface area contributed by atoms with Crippen molar-refractivity contribution < 1.29 is 9.47 Å². The Kier molecular flexibility index (Phi) is 5.95. The van der Waals surface area contributed by atoms with Gasteiger partial charge in [0, 0.05) is 45.4 Å². The predicted molar refractivity (Wildman–Crippen MR) is 99.1 cm³/mol. The van der Waals surface area contributed by atoms with Crippen LogP contribution in [-0.4, -0.2) is 67.6 Å². The highest BCUT2D eigenvalue weighted by Crippen LogP contribution is 2.26. The predicted octanol–water partition coefficient (Wildman–Crippen LogP) is 2.46. The molecule has 5 nitrogen and oxygen atoms in total. The van der Waals surface area contributed by atoms with Crippen molar-refractivity contribution in [3.8, 4) is 0 Å². The molecular formula is C20H33N3O2. The molecule has 2 atom stereocenters. The Bertz CT molecular complexity index is 481. The molecule has 0 aromatic rings. The molecule has 3 heterocycles. The fourth-order valence-corrected chi connectivity index (χ4v) is 4.28. The van der Waals surface area contributed by atoms with Gasteiger partial charge in [0.25, 0.3) is 0 Å². The van der Waals surface area contributed by atoms with Gasteiger partial charge in [-0.25, -0.2) is 0 Å². The van der Waals surface area contributed by atoms with Gasteiger partial charge in [0.2, 0.25) is 0 Å². The Hall–Kier alpha value is -1.04. The highest BCUT2D eigenvalue weighted by atomic mass is 16.5. The van der Waals surface area contributed by atoms with Gasteiger partial charge in [0.05, 0.1) is 6.10 Å². The maximum atomic E-state index is 6.29. The monoisotopic (exact) mass is 347 g/mol. The average Bonchev–Trinajstić information content (AvgIpc) is 2.97. The number of nitrogens with one attached hydrogen (secondary N) is 1. The van der Waals surface area contributed by atoms with Crippen LogP contribution in [0.4, 0.5) is 0 Å². The third-order valence-electron chi connectivity index (χ3n) is 6.03. The Morgan fingerprint density at radius 2 is 1.92 bits per heavy atom. The van der Waals surface area contributed by atoms with Gasteiger partial charge >= 0.3 is 0 Å². The second-order valence-electron chi connectivity index (χ2n) is 7.76. The van der Waals surface area contributed by atoms with E-state index in [1.165, 1.54) is 44.6 Å². The van der Waals surface area contributed by atoms with Gasteiger partial charge in [-0.1, -0.05) is 12.5 Å². The Morgan fingerprint density at radius 3 is 2.80 bits per heavy atom. The second-order valence-corrected chi connectivity index (χ2v) is 7.76. The van der Waals surface area contributed by atoms with Crippen LogP contribution in [0.3, 0.4) is 0 Å². The highest BCUT2D eigenvalue weighted by Gasteiger charge is 2.28. The number of ether oxygens (including phenoxy) is 2. The molecule has 3 fully saturated rings. The summed E-state index contributed by atoms with van der Waals surface area (Å²) in [6, 6.07) is 0.863. The molecule has 3 aliphatic heterocycles. The Labute approximate surface area is 152 Å². The maximum Gasteiger partial charge on any atom is 0.148 e. The number of hydrogen-bond donors (Lipinski definition) is 1. The normalized spacial score (nSPS) is 32.3. The van der Waals surface area contributed by atoms with Gasteiger partial charge in [-0.3, -0.25) is 4.90 Å². The molecule has 140 valence electrons. The number of allylic oxidation sites excluding steroid dienone is 2. The van der Waals surface area contributed by atoms with Gasteiger partial charge in [-0.15, -0.1) is 0 Å². The van der Waals surface area contributed by atoms with Crippen LogP contribution in [0.25, 0.3) is 0 Å². The van der Waals surface area contributed by atoms with Crippen LogP contribution in [0.1, 0.15) is 44.9 Å². The molecule has 0 radical (unpaired) electrons. The summed E-state index contributed by atoms with van der Waals surface area (Å²) in [6.07, 6.45) is 15.5. The largest absolute Gasteiger partial charge is 0.381 e. The lowest BCUT2D eigenvalue weighted by molar-refractivity contribution is -0.0136. The number of nitrogens with zero attached hydrogens (tertiary/aromatic N) is 2. The first-order chi connectivity index (χ1) is 12.4. The highest BCUT2D eigenvalue weighted by molar-refractivity contribution is 5.18. The lowest BCUT2D eigenvalue weighted by atomic mass is 9.91. The Morgan fingerprint density at radius 1 is 0.960 bits per heavy atom. The van der Waals surface area contributed by atoms with Crippen molar-refractivity contribution in [3.63, 3.8) is 0 Å². The van der Waals surface area contributed by atoms with Crippen molar-refractivity contribution in [2.75, 3.05) is 39.4 Å². The molecule has 5 heteroatoms. The van der Waals surface area contributed by atoms with Crippen LogP contribution in [0.2, 0.25) is 0 Å². The van der Waals surface area contributed by atoms with Crippen molar-refractivity contribution in [3.05, 3.63) is 24.0 Å². The van der Waals surface area contributed by atoms with E-state index in [1.54, 1.807) is 0 Å². The SMILES string of the molecule is C1=CC(OC2CCCOCC2)NC(N2CCCN(C3CCC3)CC2)=C1. The first kappa shape index (κ1) is 17.4. The van der Waals surface area contributed by atoms with Crippen LogP contribution in [0.5, 0.6) is 0 Å². The van der Waals surface area contributed by atoms with Crippen molar-refractivity contribution in [1.82, 2.24) is 15.1 Å². The molecule has 1 saturated carbocycles. The third-order valence-corrected chi connectivity index (χ3v) is 6.03. The number of dihydropyridines is 1. The summed E-state index contributed by atoms with van der Waals surface area (Å²) in [5.74, 6) is 1.23. The van der Waals surface area contributed by atoms with E-state index in [2.05, 4.69) is 33.3 Å². The smallest absolute Gasteiger partial charge is 0.148 e. The van der Waals surface area contributed by atoms with Crippen LogP contribution >= 0.6 is 0 Å². The van der Waals surface area contributed by atoms with Crippen molar-refractivity contribution in [2.45, 2.75) is 63.3 Å². The van der Waals surface area contributed by atoms with E-state index in [-0.39, 0.29) is 6.23 Å². The van der Waals surface area contributed by atoms with Crippen LogP contribution in [0.15, 0.2) is 24.0 Å². The standard InChI is InChI=1S/C20H33N3O2/c1-5-17(6-1)22-11-4-12-23(14-13-22)19-8-2-9-20(21-19)25-18-7-3-15-24-16-10-18/h2,8-9,17-18,20-21H,1,3-7,10-16H2. The molecule has 0 spiro atoms. The molecule has 0 bridgehead atoms. The molecular weight excluding hydrogens is 314 g/mol. The molecule has 0 amide bonds. The summed E-state index contributed by atoms with van der Waals surface area (Å²) in [6.45, 7) is 6.41. The number of rotatable bonds is 4. The fourth-order valence-electron chi connectivity index (χ4n) is 4.28. The molecule has 4 aliphatic rings. The average molecular weight is 348 g/mol. The third kappa shape index (κ3) is 4.57. The van der Waals surface area contributed by atoms with Gasteiger partial charge in [-0.2, -0.15) is 0 Å². The van der Waals surface area contributed by atoms with Gasteiger partial charge < -0.3 is 19.7 Å². The zero-order valence-electron chi connectivity index (χ0n) is 15.4. The van der Waals surface area contributed by atoms with E-state index in [9.17, 15) is 0 Å². The number of hydrogen-bond acceptors (Lipinski definition) is 5. The van der Waals surface area contributed by atoms with E-state index in [0.717, 1.165) is 51.6 Å². The summed E-state index contributed by atoms with van der Waals surface area (Å²) in [4.78, 5) is 5.22. The van der Waals surface area contributed by atoms with E-state index < -0.39 is 0 Å². The van der Waals surface area contributed by atoms with Crippen LogP contribution in [-0.2, 0) is 9.47 Å². The summed E-state index contributed by atoms with van der Waals surface area (Å²) in [5.41, 5.74) is 0. The second kappa shape index (κ2) is 8.56. The van der Waals surface area contributed by atoms with E-state index in [4.69, 9.17) is 9.47 Å². The first-order valence-electron chi connectivity index (χ1n) is 10.3. The summed E-state index contributed by atoms with van der Waals surface area (Å²) in [5, 5.41) is 3.61. The molecule has 1 N–H and O–H groups in total. The molecule has 25 heavy (non-hydrogen) atoms. The molecule has 1 aliphatic carbocycles. The first-order valence-corrected chi connectivity index (χ1v) is 10.3. The van der Waals surface area contributed by atoms with Gasteiger partial charge in [-0.05, 0) is 50.7 Å². The minimum Gasteiger partial charge on any atom is -0.381 e. The van der Waals surface area contributed by atoms with Crippen LogP contribution < -0.4 is 5.32 Å². The summed E-state index contributed by atoms with van der Waals surface area (Å²) in [7, 11) is 0. The quantitative estimate of drug-likeness (QED) is 0.845. The zero-order chi connectivity index (χ0) is 16.9. The van der Waals surface area contributed by atoms with Gasteiger partial charge in [0.1, 0.15) is 12.0 Å². The zero-order valence-corrected chi connectivity index (χ0v) is 15.4. The van der Waals surface area contributed by atoms with Crippen molar-refractivity contribution >= 4 is 0 Å². The summed E-state index contributed by atoms with van der Waals surface area (Å²) >= 11 is 0. The van der Waals surface area contributed by atoms with Crippen molar-refractivity contribution in [2.24, 2.45) is 0 Å². The molecule has 2 saturated heterocycles. The van der Waals surface area contributed by atoms with Crippen molar-refractivity contribution in [1.29, 1.82) is 0 Å². The molecule has 4 rings (SSSR count). The lowest BCUT2D eigenvalue weighted by Gasteiger charge is -2.37. The minimum absolute atomic E-state index is 0.00547. The van der Waals surface area contributed by atoms with Crippen LogP contribution in [0, 0.1) is 0 Å². The van der Waals surface area contributed by atoms with E-state index in [0.29, 0.717) is 6.10 Å². The Balaban J connectivity index is 1.28. The molecule has 2 unspecified atom stereocenters. The summed E-state index contributed by atoms with van der Waals surface area (Å²) < 4.78 is 11.8. The van der Waals surface area contributed by atoms with E-state index >= 15 is 0 Å². The van der Waals surface area contributed by atoms with Gasteiger partial charge in [0.15, 0.2) is 0 Å². The maximum absolute atomic E-state index is 6.29. The molecule has 0 aromatic carbocycles. The minimum atomic E-state index is -0.00547. The molecule has 0 aromatic heterocycles. The topological polar surface area (TPSA) is 37.0 Å². The lowest BCUT2D eigenvalue weighted by Crippen LogP contribution is -2.44.